The lowest BCUT2D eigenvalue weighted by atomic mass is 10.1. The van der Waals surface area contributed by atoms with Gasteiger partial charge in [-0.1, -0.05) is 24.3 Å². The average molecular weight is 465 g/mol. The Balaban J connectivity index is 0.00000385. The van der Waals surface area contributed by atoms with Gasteiger partial charge >= 0.3 is 0 Å². The Bertz CT molecular complexity index is 1080. The van der Waals surface area contributed by atoms with Crippen LogP contribution in [0.25, 0.3) is 0 Å². The molecule has 0 saturated carbocycles. The zero-order chi connectivity index (χ0) is 23.1. The van der Waals surface area contributed by atoms with Crippen LogP contribution in [-0.2, 0) is 9.59 Å². The van der Waals surface area contributed by atoms with Gasteiger partial charge in [-0.05, 0) is 48.5 Å². The van der Waals surface area contributed by atoms with Crippen LogP contribution in [0.2, 0.25) is 0 Å². The second-order valence-corrected chi connectivity index (χ2v) is 7.03. The summed E-state index contributed by atoms with van der Waals surface area (Å²) < 4.78 is 0. The molecule has 0 aliphatic rings. The molecular formula is C24H25ClN6O2. The molecule has 0 spiro atoms. The van der Waals surface area contributed by atoms with Crippen molar-refractivity contribution >= 4 is 58.6 Å². The van der Waals surface area contributed by atoms with Crippen LogP contribution < -0.4 is 22.1 Å². The zero-order valence-corrected chi connectivity index (χ0v) is 19.0. The smallest absolute Gasteiger partial charge is 0.221 e. The molecule has 0 aromatic heterocycles. The maximum Gasteiger partial charge on any atom is 0.221 e. The fourth-order valence-electron chi connectivity index (χ4n) is 2.86. The molecule has 2 amide bonds. The number of carbonyl (C=O) groups is 2. The van der Waals surface area contributed by atoms with Crippen molar-refractivity contribution in [2.45, 2.75) is 13.8 Å². The highest BCUT2D eigenvalue weighted by Crippen LogP contribution is 2.19. The first kappa shape index (κ1) is 25.1. The number of rotatable bonds is 6. The van der Waals surface area contributed by atoms with Crippen LogP contribution in [0.1, 0.15) is 25.0 Å². The predicted octanol–water partition coefficient (Wildman–Crippen LogP) is 4.10. The van der Waals surface area contributed by atoms with E-state index in [-0.39, 0.29) is 24.2 Å². The van der Waals surface area contributed by atoms with Crippen LogP contribution in [-0.4, -0.2) is 23.5 Å². The lowest BCUT2D eigenvalue weighted by molar-refractivity contribution is -0.115. The number of hydrogen-bond donors (Lipinski definition) is 4. The molecule has 0 aliphatic heterocycles. The minimum absolute atomic E-state index is 0. The largest absolute Gasteiger partial charge is 0.383 e. The van der Waals surface area contributed by atoms with E-state index in [1.54, 1.807) is 48.5 Å². The first-order valence-corrected chi connectivity index (χ1v) is 9.84. The third-order valence-corrected chi connectivity index (χ3v) is 4.35. The molecule has 170 valence electrons. The van der Waals surface area contributed by atoms with Gasteiger partial charge in [-0.15, -0.1) is 12.4 Å². The molecule has 33 heavy (non-hydrogen) atoms. The Morgan fingerprint density at radius 1 is 0.606 bits per heavy atom. The van der Waals surface area contributed by atoms with Gasteiger partial charge in [0.1, 0.15) is 11.7 Å². The van der Waals surface area contributed by atoms with Gasteiger partial charge in [-0.2, -0.15) is 0 Å². The molecule has 0 saturated heterocycles. The number of nitrogens with one attached hydrogen (secondary N) is 2. The summed E-state index contributed by atoms with van der Waals surface area (Å²) >= 11 is 0. The summed E-state index contributed by atoms with van der Waals surface area (Å²) in [7, 11) is 0. The number of nitrogens with zero attached hydrogens (tertiary/aromatic N) is 2. The molecule has 3 aromatic carbocycles. The van der Waals surface area contributed by atoms with Gasteiger partial charge in [-0.3, -0.25) is 9.59 Å². The normalized spacial score (nSPS) is 11.3. The van der Waals surface area contributed by atoms with Gasteiger partial charge in [0.25, 0.3) is 0 Å². The lowest BCUT2D eigenvalue weighted by Crippen LogP contribution is -2.15. The number of anilines is 2. The summed E-state index contributed by atoms with van der Waals surface area (Å²) in [5.41, 5.74) is 16.5. The molecule has 0 fully saturated rings. The van der Waals surface area contributed by atoms with E-state index in [1.165, 1.54) is 13.8 Å². The van der Waals surface area contributed by atoms with Crippen molar-refractivity contribution in [1.29, 1.82) is 0 Å². The second kappa shape index (κ2) is 11.4. The Labute approximate surface area is 198 Å². The van der Waals surface area contributed by atoms with Crippen LogP contribution in [0, 0.1) is 0 Å². The number of hydrogen-bond acceptors (Lipinski definition) is 4. The van der Waals surface area contributed by atoms with Crippen molar-refractivity contribution < 1.29 is 9.59 Å². The molecule has 9 heteroatoms. The zero-order valence-electron chi connectivity index (χ0n) is 18.2. The number of carbonyl (C=O) groups excluding carboxylic acids is 2. The molecule has 0 unspecified atom stereocenters. The third-order valence-electron chi connectivity index (χ3n) is 4.35. The van der Waals surface area contributed by atoms with Gasteiger partial charge in [0.05, 0.1) is 11.4 Å². The molecule has 3 aromatic rings. The van der Waals surface area contributed by atoms with Gasteiger partial charge in [-0.25, -0.2) is 9.98 Å². The number of halogens is 1. The van der Waals surface area contributed by atoms with Gasteiger partial charge < -0.3 is 22.1 Å². The van der Waals surface area contributed by atoms with Crippen molar-refractivity contribution in [2.24, 2.45) is 21.5 Å². The number of amidine groups is 2. The number of nitrogens with two attached hydrogens (primary N) is 2. The molecule has 0 aliphatic carbocycles. The van der Waals surface area contributed by atoms with Crippen molar-refractivity contribution in [3.05, 3.63) is 83.9 Å². The fourth-order valence-corrected chi connectivity index (χ4v) is 2.86. The topological polar surface area (TPSA) is 135 Å². The maximum absolute atomic E-state index is 11.1. The molecule has 8 nitrogen and oxygen atoms in total. The first-order valence-electron chi connectivity index (χ1n) is 9.84. The van der Waals surface area contributed by atoms with Crippen LogP contribution in [0.5, 0.6) is 0 Å². The van der Waals surface area contributed by atoms with E-state index >= 15 is 0 Å². The highest BCUT2D eigenvalue weighted by atomic mass is 35.5. The summed E-state index contributed by atoms with van der Waals surface area (Å²) in [6.45, 7) is 2.91. The number of aliphatic imine (C=N–C) groups is 2. The summed E-state index contributed by atoms with van der Waals surface area (Å²) in [5.74, 6) is 0.442. The molecular weight excluding hydrogens is 440 g/mol. The van der Waals surface area contributed by atoms with E-state index in [0.29, 0.717) is 34.4 Å². The average Bonchev–Trinajstić information content (AvgIpc) is 2.76. The highest BCUT2D eigenvalue weighted by molar-refractivity contribution is 6.02. The van der Waals surface area contributed by atoms with Crippen LogP contribution >= 0.6 is 12.4 Å². The molecule has 3 rings (SSSR count). The Kier molecular flexibility index (Phi) is 8.71. The maximum atomic E-state index is 11.1. The fraction of sp³-hybridized carbons (Fsp3) is 0.0833. The van der Waals surface area contributed by atoms with Gasteiger partial charge in [0.2, 0.25) is 11.8 Å². The Hall–Kier alpha value is -4.17. The van der Waals surface area contributed by atoms with E-state index in [0.717, 1.165) is 11.1 Å². The van der Waals surface area contributed by atoms with Crippen LogP contribution in [0.4, 0.5) is 22.7 Å². The predicted molar refractivity (Wildman–Crippen MR) is 136 cm³/mol. The van der Waals surface area contributed by atoms with Crippen LogP contribution in [0.15, 0.2) is 82.8 Å². The second-order valence-electron chi connectivity index (χ2n) is 7.03. The van der Waals surface area contributed by atoms with Crippen molar-refractivity contribution in [2.75, 3.05) is 10.6 Å². The Morgan fingerprint density at radius 3 is 1.18 bits per heavy atom. The molecule has 0 bridgehead atoms. The third kappa shape index (κ3) is 7.48. The molecule has 0 heterocycles. The molecule has 6 N–H and O–H groups in total. The van der Waals surface area contributed by atoms with E-state index in [4.69, 9.17) is 11.5 Å². The number of amides is 2. The monoisotopic (exact) mass is 464 g/mol. The highest BCUT2D eigenvalue weighted by Gasteiger charge is 2.04. The van der Waals surface area contributed by atoms with Crippen LogP contribution in [0.3, 0.4) is 0 Å². The minimum Gasteiger partial charge on any atom is -0.383 e. The van der Waals surface area contributed by atoms with E-state index in [9.17, 15) is 9.59 Å². The molecule has 0 radical (unpaired) electrons. The van der Waals surface area contributed by atoms with Gasteiger partial charge in [0.15, 0.2) is 0 Å². The van der Waals surface area contributed by atoms with Crippen molar-refractivity contribution in [1.82, 2.24) is 0 Å². The standard InChI is InChI=1S/C24H24N6O2.ClH/c1-15(31)27-19-7-11-21(12-8-19)29-23(25)17-3-5-18(6-4-17)24(26)30-22-13-9-20(10-14-22)28-16(2)32;/h3-14H,1-2H3,(H2,25,29)(H2,26,30)(H,27,31)(H,28,32);1H. The SMILES string of the molecule is CC(=O)Nc1ccc(N=C(N)c2ccc(C(N)=Nc3ccc(NC(C)=O)cc3)cc2)cc1.Cl. The summed E-state index contributed by atoms with van der Waals surface area (Å²) in [6, 6.07) is 21.4. The first-order chi connectivity index (χ1) is 15.3. The van der Waals surface area contributed by atoms with E-state index < -0.39 is 0 Å². The van der Waals surface area contributed by atoms with Crippen molar-refractivity contribution in [3.8, 4) is 0 Å². The quantitative estimate of drug-likeness (QED) is 0.322. The molecule has 0 atom stereocenters. The number of benzene rings is 3. The minimum atomic E-state index is -0.134. The summed E-state index contributed by atoms with van der Waals surface area (Å²) in [6.07, 6.45) is 0. The van der Waals surface area contributed by atoms with Crippen molar-refractivity contribution in [3.63, 3.8) is 0 Å². The lowest BCUT2D eigenvalue weighted by Gasteiger charge is -2.06. The van der Waals surface area contributed by atoms with Gasteiger partial charge in [0, 0.05) is 36.3 Å². The van der Waals surface area contributed by atoms with E-state index in [1.807, 2.05) is 24.3 Å². The van der Waals surface area contributed by atoms with E-state index in [2.05, 4.69) is 20.6 Å². The summed E-state index contributed by atoms with van der Waals surface area (Å²) in [5, 5.41) is 5.41. The summed E-state index contributed by atoms with van der Waals surface area (Å²) in [4.78, 5) is 31.0. The Morgan fingerprint density at radius 2 is 0.909 bits per heavy atom.